The topological polar surface area (TPSA) is 101 Å². The van der Waals surface area contributed by atoms with Gasteiger partial charge in [-0.15, -0.1) is 5.10 Å². The van der Waals surface area contributed by atoms with E-state index >= 15 is 0 Å². The normalized spacial score (nSPS) is 14.6. The molecule has 0 aliphatic heterocycles. The number of nitrogens with zero attached hydrogens (tertiary/aromatic N) is 5. The summed E-state index contributed by atoms with van der Waals surface area (Å²) in [7, 11) is 2.01. The van der Waals surface area contributed by atoms with Crippen molar-refractivity contribution in [3.05, 3.63) is 71.3 Å². The Balaban J connectivity index is 1.43. The van der Waals surface area contributed by atoms with Gasteiger partial charge in [-0.25, -0.2) is 9.67 Å². The van der Waals surface area contributed by atoms with Crippen LogP contribution in [0.25, 0.3) is 17.1 Å². The number of aryl methyl sites for hydroxylation is 1. The van der Waals surface area contributed by atoms with Gasteiger partial charge in [-0.3, -0.25) is 4.79 Å². The molecule has 0 spiro atoms. The third kappa shape index (κ3) is 5.06. The summed E-state index contributed by atoms with van der Waals surface area (Å²) < 4.78 is 16.1. The highest BCUT2D eigenvalue weighted by molar-refractivity contribution is 7.90. The molecule has 192 valence electrons. The van der Waals surface area contributed by atoms with Crippen LogP contribution in [0.3, 0.4) is 0 Å². The Morgan fingerprint density at radius 3 is 2.59 bits per heavy atom. The number of nitrogens with one attached hydrogen (secondary N) is 1. The van der Waals surface area contributed by atoms with Crippen LogP contribution in [0.5, 0.6) is 0 Å². The predicted molar refractivity (Wildman–Crippen MR) is 146 cm³/mol. The van der Waals surface area contributed by atoms with Crippen LogP contribution < -0.4 is 5.32 Å². The van der Waals surface area contributed by atoms with E-state index in [2.05, 4.69) is 46.0 Å². The van der Waals surface area contributed by atoms with Crippen LogP contribution >= 0.6 is 0 Å². The van der Waals surface area contributed by atoms with Gasteiger partial charge in [0.15, 0.2) is 4.90 Å². The Morgan fingerprint density at radius 2 is 1.92 bits per heavy atom. The van der Waals surface area contributed by atoms with Crippen molar-refractivity contribution in [1.82, 2.24) is 24.5 Å². The van der Waals surface area contributed by atoms with E-state index in [1.807, 2.05) is 50.6 Å². The zero-order valence-corrected chi connectivity index (χ0v) is 22.9. The highest BCUT2D eigenvalue weighted by Gasteiger charge is 2.29. The van der Waals surface area contributed by atoms with E-state index in [4.69, 9.17) is 0 Å². The van der Waals surface area contributed by atoms with Crippen LogP contribution in [0.4, 0.5) is 5.69 Å². The maximum atomic E-state index is 13.3. The minimum Gasteiger partial charge on any atom is -0.612 e. The standard InChI is InChI=1S/C28H32N6O2S/c1-17-7-8-19(27(35)30-21-14-20(28(2,3)4)11-12-25(21)37(6)36)13-23(17)34-16-22(31-32-34)24-15-29-26(33(24)5)18-9-10-18/h7-8,11-16,18H,9-10H2,1-6H3,(H,30,35). The zero-order valence-electron chi connectivity index (χ0n) is 22.1. The third-order valence-electron chi connectivity index (χ3n) is 6.84. The molecular formula is C28H32N6O2S. The molecule has 9 heteroatoms. The molecule has 0 bridgehead atoms. The van der Waals surface area contributed by atoms with E-state index < -0.39 is 11.2 Å². The monoisotopic (exact) mass is 516 g/mol. The smallest absolute Gasteiger partial charge is 0.255 e. The molecule has 5 rings (SSSR count). The molecule has 37 heavy (non-hydrogen) atoms. The lowest BCUT2D eigenvalue weighted by Crippen LogP contribution is -2.17. The maximum Gasteiger partial charge on any atom is 0.255 e. The Labute approximate surface area is 220 Å². The fourth-order valence-corrected chi connectivity index (χ4v) is 5.10. The quantitative estimate of drug-likeness (QED) is 0.358. The van der Waals surface area contributed by atoms with Gasteiger partial charge in [-0.1, -0.05) is 38.1 Å². The Morgan fingerprint density at radius 1 is 1.16 bits per heavy atom. The zero-order chi connectivity index (χ0) is 26.5. The van der Waals surface area contributed by atoms with Crippen LogP contribution in [-0.2, 0) is 23.6 Å². The molecule has 1 amide bonds. The number of hydrogen-bond acceptors (Lipinski definition) is 5. The van der Waals surface area contributed by atoms with E-state index in [1.54, 1.807) is 23.1 Å². The number of hydrogen-bond donors (Lipinski definition) is 1. The summed E-state index contributed by atoms with van der Waals surface area (Å²) in [6.07, 6.45) is 7.69. The SMILES string of the molecule is Cc1ccc(C(=O)Nc2cc(C(C)(C)C)ccc2[S+](C)[O-])cc1-n1cc(-c2cnc(C3CC3)n2C)nn1. The molecule has 2 aromatic carbocycles. The fraction of sp³-hybridized carbons (Fsp3) is 0.357. The molecule has 1 unspecified atom stereocenters. The van der Waals surface area contributed by atoms with Gasteiger partial charge in [0.1, 0.15) is 17.8 Å². The molecule has 4 aromatic rings. The summed E-state index contributed by atoms with van der Waals surface area (Å²) in [6.45, 7) is 8.28. The number of carbonyl (C=O) groups is 1. The van der Waals surface area contributed by atoms with Crippen LogP contribution in [0.1, 0.15) is 66.8 Å². The minimum atomic E-state index is -1.25. The summed E-state index contributed by atoms with van der Waals surface area (Å²) >= 11 is -1.25. The van der Waals surface area contributed by atoms with Crippen molar-refractivity contribution in [3.63, 3.8) is 0 Å². The van der Waals surface area contributed by atoms with Crippen molar-refractivity contribution in [1.29, 1.82) is 0 Å². The van der Waals surface area contributed by atoms with Crippen molar-refractivity contribution in [2.24, 2.45) is 7.05 Å². The number of amides is 1. The lowest BCUT2D eigenvalue weighted by atomic mass is 9.87. The number of imidazole rings is 1. The number of benzene rings is 2. The second kappa shape index (κ2) is 9.46. The van der Waals surface area contributed by atoms with Gasteiger partial charge in [0.2, 0.25) is 0 Å². The second-order valence-corrected chi connectivity index (χ2v) is 12.1. The molecule has 1 atom stereocenters. The first-order chi connectivity index (χ1) is 17.5. The summed E-state index contributed by atoms with van der Waals surface area (Å²) in [5.41, 5.74) is 5.35. The minimum absolute atomic E-state index is 0.109. The van der Waals surface area contributed by atoms with Crippen LogP contribution in [-0.4, -0.2) is 41.3 Å². The Kier molecular flexibility index (Phi) is 6.45. The molecule has 2 aromatic heterocycles. The summed E-state index contributed by atoms with van der Waals surface area (Å²) in [5.74, 6) is 1.35. The predicted octanol–water partition coefficient (Wildman–Crippen LogP) is 5.14. The van der Waals surface area contributed by atoms with Gasteiger partial charge in [0, 0.05) is 18.5 Å². The van der Waals surface area contributed by atoms with Crippen molar-refractivity contribution >= 4 is 22.8 Å². The largest absolute Gasteiger partial charge is 0.612 e. The number of anilines is 1. The molecule has 0 radical (unpaired) electrons. The highest BCUT2D eigenvalue weighted by Crippen LogP contribution is 2.40. The average molecular weight is 517 g/mol. The first-order valence-corrected chi connectivity index (χ1v) is 13.9. The Bertz CT molecular complexity index is 1480. The van der Waals surface area contributed by atoms with Gasteiger partial charge in [-0.05, 0) is 71.7 Å². The molecule has 8 nitrogen and oxygen atoms in total. The van der Waals surface area contributed by atoms with Gasteiger partial charge >= 0.3 is 0 Å². The van der Waals surface area contributed by atoms with E-state index in [0.29, 0.717) is 22.1 Å². The molecule has 2 heterocycles. The van der Waals surface area contributed by atoms with E-state index in [0.717, 1.165) is 34.0 Å². The first-order valence-electron chi connectivity index (χ1n) is 12.4. The van der Waals surface area contributed by atoms with Gasteiger partial charge < -0.3 is 14.4 Å². The molecule has 0 saturated heterocycles. The second-order valence-electron chi connectivity index (χ2n) is 10.8. The lowest BCUT2D eigenvalue weighted by molar-refractivity contribution is 0.102. The average Bonchev–Trinajstić information content (AvgIpc) is 3.44. The van der Waals surface area contributed by atoms with Gasteiger partial charge in [0.05, 0.1) is 29.5 Å². The molecule has 1 fully saturated rings. The molecular weight excluding hydrogens is 484 g/mol. The molecule has 1 N–H and O–H groups in total. The fourth-order valence-electron chi connectivity index (χ4n) is 4.42. The van der Waals surface area contributed by atoms with Crippen molar-refractivity contribution in [2.45, 2.75) is 56.8 Å². The van der Waals surface area contributed by atoms with E-state index in [1.165, 1.54) is 12.8 Å². The number of rotatable bonds is 6. The van der Waals surface area contributed by atoms with E-state index in [-0.39, 0.29) is 11.3 Å². The van der Waals surface area contributed by atoms with Crippen molar-refractivity contribution in [3.8, 4) is 17.1 Å². The van der Waals surface area contributed by atoms with Gasteiger partial charge in [-0.2, -0.15) is 0 Å². The van der Waals surface area contributed by atoms with Crippen LogP contribution in [0, 0.1) is 6.92 Å². The number of carbonyl (C=O) groups excluding carboxylic acids is 1. The van der Waals surface area contributed by atoms with Crippen molar-refractivity contribution < 1.29 is 9.35 Å². The maximum absolute atomic E-state index is 13.3. The first kappa shape index (κ1) is 25.2. The molecule has 1 saturated carbocycles. The van der Waals surface area contributed by atoms with E-state index in [9.17, 15) is 9.35 Å². The lowest BCUT2D eigenvalue weighted by Gasteiger charge is -2.21. The third-order valence-corrected chi connectivity index (χ3v) is 7.82. The Hall–Kier alpha value is -3.43. The van der Waals surface area contributed by atoms with Gasteiger partial charge in [0.25, 0.3) is 5.91 Å². The van der Waals surface area contributed by atoms with Crippen LogP contribution in [0.2, 0.25) is 0 Å². The summed E-state index contributed by atoms with van der Waals surface area (Å²) in [5, 5.41) is 11.7. The molecule has 1 aliphatic carbocycles. The molecule has 1 aliphatic rings. The number of aromatic nitrogens is 5. The summed E-state index contributed by atoms with van der Waals surface area (Å²) in [4.78, 5) is 18.5. The summed E-state index contributed by atoms with van der Waals surface area (Å²) in [6, 6.07) is 11.2. The highest BCUT2D eigenvalue weighted by atomic mass is 32.2. The van der Waals surface area contributed by atoms with Crippen molar-refractivity contribution in [2.75, 3.05) is 11.6 Å². The van der Waals surface area contributed by atoms with Crippen LogP contribution in [0.15, 0.2) is 53.7 Å².